The molecule has 0 N–H and O–H groups in total. The third kappa shape index (κ3) is 2.17. The first-order valence-corrected chi connectivity index (χ1v) is 6.20. The van der Waals surface area contributed by atoms with Crippen molar-refractivity contribution in [2.45, 2.75) is 0 Å². The van der Waals surface area contributed by atoms with Crippen LogP contribution in [0.2, 0.25) is 5.02 Å². The van der Waals surface area contributed by atoms with E-state index in [1.165, 1.54) is 12.1 Å². The van der Waals surface area contributed by atoms with Gasteiger partial charge in [-0.1, -0.05) is 17.7 Å². The second-order valence-electron chi connectivity index (χ2n) is 4.29. The van der Waals surface area contributed by atoms with Gasteiger partial charge in [-0.15, -0.1) is 0 Å². The first-order valence-electron chi connectivity index (χ1n) is 5.82. The average Bonchev–Trinajstić information content (AvgIpc) is 2.77. The molecule has 2 nitrogen and oxygen atoms in total. The van der Waals surface area contributed by atoms with Gasteiger partial charge in [0.1, 0.15) is 17.3 Å². The molecule has 19 heavy (non-hydrogen) atoms. The number of aromatic nitrogens is 1. The molecule has 4 heteroatoms. The van der Waals surface area contributed by atoms with Gasteiger partial charge < -0.3 is 9.30 Å². The predicted octanol–water partition coefficient (Wildman–Crippen LogP) is 4.76. The summed E-state index contributed by atoms with van der Waals surface area (Å²) < 4.78 is 21.1. The molecule has 1 heterocycles. The molecule has 0 aliphatic rings. The minimum Gasteiger partial charge on any atom is -0.457 e. The first-order chi connectivity index (χ1) is 9.15. The van der Waals surface area contributed by atoms with Crippen molar-refractivity contribution in [1.29, 1.82) is 0 Å². The summed E-state index contributed by atoms with van der Waals surface area (Å²) in [6.45, 7) is 0. The molecular formula is C15H11ClFNO. The number of aryl methyl sites for hydroxylation is 1. The number of ether oxygens (including phenoxy) is 1. The average molecular weight is 276 g/mol. The molecule has 0 aliphatic heterocycles. The number of rotatable bonds is 2. The summed E-state index contributed by atoms with van der Waals surface area (Å²) in [5.74, 6) is 0.637. The maximum atomic E-state index is 13.4. The number of hydrogen-bond acceptors (Lipinski definition) is 1. The second-order valence-corrected chi connectivity index (χ2v) is 4.70. The van der Waals surface area contributed by atoms with Crippen LogP contribution in [-0.4, -0.2) is 4.57 Å². The molecule has 0 unspecified atom stereocenters. The maximum Gasteiger partial charge on any atom is 0.145 e. The summed E-state index contributed by atoms with van der Waals surface area (Å²) >= 11 is 5.65. The fourth-order valence-corrected chi connectivity index (χ4v) is 2.15. The minimum atomic E-state index is -0.487. The smallest absolute Gasteiger partial charge is 0.145 e. The Bertz CT molecular complexity index is 751. The normalized spacial score (nSPS) is 10.9. The Balaban J connectivity index is 2.03. The highest BCUT2D eigenvalue weighted by Gasteiger charge is 2.07. The van der Waals surface area contributed by atoms with Crippen LogP contribution in [0.3, 0.4) is 0 Å². The van der Waals surface area contributed by atoms with E-state index in [2.05, 4.69) is 0 Å². The molecule has 96 valence electrons. The lowest BCUT2D eigenvalue weighted by Crippen LogP contribution is -1.88. The fourth-order valence-electron chi connectivity index (χ4n) is 2.03. The van der Waals surface area contributed by atoms with Crippen molar-refractivity contribution >= 4 is 22.5 Å². The minimum absolute atomic E-state index is 0.0882. The van der Waals surface area contributed by atoms with Gasteiger partial charge in [0.15, 0.2) is 0 Å². The van der Waals surface area contributed by atoms with Gasteiger partial charge in [0, 0.05) is 24.7 Å². The van der Waals surface area contributed by atoms with Crippen LogP contribution in [0.4, 0.5) is 4.39 Å². The lowest BCUT2D eigenvalue weighted by Gasteiger charge is -2.08. The Kier molecular flexibility index (Phi) is 2.91. The number of hydrogen-bond donors (Lipinski definition) is 0. The topological polar surface area (TPSA) is 14.2 Å². The quantitative estimate of drug-likeness (QED) is 0.657. The van der Waals surface area contributed by atoms with E-state index < -0.39 is 5.82 Å². The fraction of sp³-hybridized carbons (Fsp3) is 0.0667. The molecule has 3 aromatic rings. The van der Waals surface area contributed by atoms with Gasteiger partial charge in [-0.25, -0.2) is 4.39 Å². The van der Waals surface area contributed by atoms with Crippen LogP contribution in [0.5, 0.6) is 11.5 Å². The molecule has 3 rings (SSSR count). The SMILES string of the molecule is Cn1ccc2c(Oc3ccc(Cl)c(F)c3)cccc21. The lowest BCUT2D eigenvalue weighted by molar-refractivity contribution is 0.482. The van der Waals surface area contributed by atoms with Gasteiger partial charge in [-0.3, -0.25) is 0 Å². The van der Waals surface area contributed by atoms with Crippen molar-refractivity contribution < 1.29 is 9.13 Å². The van der Waals surface area contributed by atoms with Crippen molar-refractivity contribution in [2.24, 2.45) is 7.05 Å². The van der Waals surface area contributed by atoms with Crippen molar-refractivity contribution in [2.75, 3.05) is 0 Å². The summed E-state index contributed by atoms with van der Waals surface area (Å²) in [5, 5.41) is 1.07. The third-order valence-electron chi connectivity index (χ3n) is 3.01. The molecule has 0 saturated heterocycles. The Labute approximate surface area is 115 Å². The van der Waals surface area contributed by atoms with Gasteiger partial charge in [0.2, 0.25) is 0 Å². The van der Waals surface area contributed by atoms with Gasteiger partial charge in [-0.2, -0.15) is 0 Å². The van der Waals surface area contributed by atoms with Crippen LogP contribution < -0.4 is 4.74 Å². The number of fused-ring (bicyclic) bond motifs is 1. The summed E-state index contributed by atoms with van der Waals surface area (Å²) in [6, 6.07) is 12.1. The summed E-state index contributed by atoms with van der Waals surface area (Å²) in [6.07, 6.45) is 1.96. The second kappa shape index (κ2) is 4.59. The highest BCUT2D eigenvalue weighted by molar-refractivity contribution is 6.30. The molecule has 0 atom stereocenters. The van der Waals surface area contributed by atoms with E-state index in [0.717, 1.165) is 10.9 Å². The summed E-state index contributed by atoms with van der Waals surface area (Å²) in [5.41, 5.74) is 1.06. The Hall–Kier alpha value is -2.00. The molecule has 0 bridgehead atoms. The largest absolute Gasteiger partial charge is 0.457 e. The van der Waals surface area contributed by atoms with Crippen LogP contribution in [0.15, 0.2) is 48.7 Å². The van der Waals surface area contributed by atoms with Crippen LogP contribution in [-0.2, 0) is 7.05 Å². The molecule has 0 aliphatic carbocycles. The van der Waals surface area contributed by atoms with E-state index in [1.54, 1.807) is 6.07 Å². The third-order valence-corrected chi connectivity index (χ3v) is 3.31. The maximum absolute atomic E-state index is 13.4. The molecule has 0 radical (unpaired) electrons. The number of benzene rings is 2. The highest BCUT2D eigenvalue weighted by atomic mass is 35.5. The van der Waals surface area contributed by atoms with Gasteiger partial charge in [0.25, 0.3) is 0 Å². The standard InChI is InChI=1S/C15H11ClFNO/c1-18-8-7-11-14(18)3-2-4-15(11)19-10-5-6-12(16)13(17)9-10/h2-9H,1H3. The Morgan fingerprint density at radius 3 is 2.79 bits per heavy atom. The van der Waals surface area contributed by atoms with Crippen molar-refractivity contribution in [3.63, 3.8) is 0 Å². The molecule has 0 amide bonds. The van der Waals surface area contributed by atoms with E-state index in [-0.39, 0.29) is 5.02 Å². The molecule has 0 spiro atoms. The van der Waals surface area contributed by atoms with Crippen LogP contribution in [0.25, 0.3) is 10.9 Å². The van der Waals surface area contributed by atoms with E-state index in [0.29, 0.717) is 11.5 Å². The summed E-state index contributed by atoms with van der Waals surface area (Å²) in [4.78, 5) is 0. The Morgan fingerprint density at radius 2 is 2.00 bits per heavy atom. The lowest BCUT2D eigenvalue weighted by atomic mass is 10.2. The van der Waals surface area contributed by atoms with E-state index in [9.17, 15) is 4.39 Å². The Morgan fingerprint density at radius 1 is 1.16 bits per heavy atom. The van der Waals surface area contributed by atoms with E-state index in [1.807, 2.05) is 42.1 Å². The van der Waals surface area contributed by atoms with Gasteiger partial charge in [-0.05, 0) is 30.3 Å². The number of nitrogens with zero attached hydrogens (tertiary/aromatic N) is 1. The van der Waals surface area contributed by atoms with E-state index in [4.69, 9.17) is 16.3 Å². The van der Waals surface area contributed by atoms with Crippen LogP contribution >= 0.6 is 11.6 Å². The summed E-state index contributed by atoms with van der Waals surface area (Å²) in [7, 11) is 1.97. The zero-order valence-electron chi connectivity index (χ0n) is 10.2. The molecule has 0 saturated carbocycles. The zero-order chi connectivity index (χ0) is 13.4. The van der Waals surface area contributed by atoms with Crippen molar-refractivity contribution in [3.8, 4) is 11.5 Å². The van der Waals surface area contributed by atoms with E-state index >= 15 is 0 Å². The molecular weight excluding hydrogens is 265 g/mol. The molecule has 1 aromatic heterocycles. The van der Waals surface area contributed by atoms with Crippen molar-refractivity contribution in [3.05, 3.63) is 59.5 Å². The first kappa shape index (κ1) is 12.1. The van der Waals surface area contributed by atoms with Gasteiger partial charge >= 0.3 is 0 Å². The number of halogens is 2. The van der Waals surface area contributed by atoms with Crippen LogP contribution in [0.1, 0.15) is 0 Å². The highest BCUT2D eigenvalue weighted by Crippen LogP contribution is 2.31. The molecule has 2 aromatic carbocycles. The predicted molar refractivity (Wildman–Crippen MR) is 74.4 cm³/mol. The van der Waals surface area contributed by atoms with Crippen molar-refractivity contribution in [1.82, 2.24) is 4.57 Å². The molecule has 0 fully saturated rings. The van der Waals surface area contributed by atoms with Gasteiger partial charge in [0.05, 0.1) is 10.5 Å². The van der Waals surface area contributed by atoms with Crippen LogP contribution in [0, 0.1) is 5.82 Å². The zero-order valence-corrected chi connectivity index (χ0v) is 11.0. The monoisotopic (exact) mass is 275 g/mol.